The zero-order chi connectivity index (χ0) is 12.1. The molecule has 0 bridgehead atoms. The minimum Gasteiger partial charge on any atom is -0.261 e. The van der Waals surface area contributed by atoms with Crippen LogP contribution in [-0.4, -0.2) is 9.97 Å². The van der Waals surface area contributed by atoms with Crippen molar-refractivity contribution in [1.82, 2.24) is 9.97 Å². The Morgan fingerprint density at radius 2 is 1.72 bits per heavy atom. The maximum atomic E-state index is 4.47. The Hall–Kier alpha value is -2.22. The lowest BCUT2D eigenvalue weighted by Crippen LogP contribution is -2.01. The first-order valence-electron chi connectivity index (χ1n) is 6.16. The molecule has 0 saturated heterocycles. The summed E-state index contributed by atoms with van der Waals surface area (Å²) in [7, 11) is 0. The van der Waals surface area contributed by atoms with Crippen LogP contribution in [0.4, 0.5) is 0 Å². The molecule has 2 nitrogen and oxygen atoms in total. The number of aromatic nitrogens is 2. The molecule has 0 atom stereocenters. The summed E-state index contributed by atoms with van der Waals surface area (Å²) in [5.74, 6) is 0. The van der Waals surface area contributed by atoms with E-state index in [9.17, 15) is 0 Å². The summed E-state index contributed by atoms with van der Waals surface area (Å²) >= 11 is 0. The van der Waals surface area contributed by atoms with Gasteiger partial charge in [0.15, 0.2) is 0 Å². The first-order valence-corrected chi connectivity index (χ1v) is 6.16. The van der Waals surface area contributed by atoms with Crippen molar-refractivity contribution in [3.8, 4) is 0 Å². The van der Waals surface area contributed by atoms with Gasteiger partial charge in [0, 0.05) is 29.2 Å². The van der Waals surface area contributed by atoms with Crippen molar-refractivity contribution in [2.45, 2.75) is 13.3 Å². The lowest BCUT2D eigenvalue weighted by molar-refractivity contribution is 1.18. The van der Waals surface area contributed by atoms with Gasteiger partial charge in [-0.05, 0) is 48.3 Å². The van der Waals surface area contributed by atoms with Crippen LogP contribution in [0.15, 0.2) is 53.9 Å². The van der Waals surface area contributed by atoms with Gasteiger partial charge in [0.1, 0.15) is 0 Å². The van der Waals surface area contributed by atoms with E-state index in [0.717, 1.165) is 17.8 Å². The maximum absolute atomic E-state index is 4.47. The molecule has 2 aliphatic rings. The second-order valence-corrected chi connectivity index (χ2v) is 4.74. The molecule has 0 spiro atoms. The molecule has 2 aromatic rings. The van der Waals surface area contributed by atoms with Crippen LogP contribution in [-0.2, 0) is 0 Å². The van der Waals surface area contributed by atoms with Crippen LogP contribution in [0, 0.1) is 6.92 Å². The predicted molar refractivity (Wildman–Crippen MR) is 71.7 cm³/mol. The standard InChI is InChI=1S/C16H12N2/c1-10-11(5-4-8-17-10)15-12-9-13(12)16(15)14-6-2-3-7-18-14/h2-8H,9H2,1H3. The highest BCUT2D eigenvalue weighted by molar-refractivity contribution is 6.20. The van der Waals surface area contributed by atoms with Gasteiger partial charge >= 0.3 is 0 Å². The molecule has 0 aromatic carbocycles. The van der Waals surface area contributed by atoms with Crippen molar-refractivity contribution in [2.75, 3.05) is 0 Å². The van der Waals surface area contributed by atoms with Crippen LogP contribution >= 0.6 is 0 Å². The molecule has 2 aliphatic carbocycles. The number of nitrogens with zero attached hydrogens (tertiary/aromatic N) is 2. The van der Waals surface area contributed by atoms with Gasteiger partial charge in [0.25, 0.3) is 0 Å². The Morgan fingerprint density at radius 3 is 2.50 bits per heavy atom. The summed E-state index contributed by atoms with van der Waals surface area (Å²) in [5, 5.41) is 0. The van der Waals surface area contributed by atoms with E-state index in [1.807, 2.05) is 30.6 Å². The molecule has 0 aliphatic heterocycles. The van der Waals surface area contributed by atoms with Gasteiger partial charge in [0.2, 0.25) is 0 Å². The van der Waals surface area contributed by atoms with Crippen molar-refractivity contribution in [3.63, 3.8) is 0 Å². The fourth-order valence-corrected chi connectivity index (χ4v) is 2.69. The van der Waals surface area contributed by atoms with Crippen LogP contribution < -0.4 is 0 Å². The summed E-state index contributed by atoms with van der Waals surface area (Å²) < 4.78 is 0. The monoisotopic (exact) mass is 232 g/mol. The van der Waals surface area contributed by atoms with E-state index >= 15 is 0 Å². The normalized spacial score (nSPS) is 16.5. The number of hydrogen-bond donors (Lipinski definition) is 0. The van der Waals surface area contributed by atoms with Gasteiger partial charge in [-0.3, -0.25) is 9.97 Å². The van der Waals surface area contributed by atoms with Gasteiger partial charge in [-0.1, -0.05) is 12.1 Å². The predicted octanol–water partition coefficient (Wildman–Crippen LogP) is 3.41. The van der Waals surface area contributed by atoms with Crippen molar-refractivity contribution in [3.05, 3.63) is 70.8 Å². The smallest absolute Gasteiger partial charge is 0.0711 e. The summed E-state index contributed by atoms with van der Waals surface area (Å²) in [6.45, 7) is 2.07. The molecule has 2 heteroatoms. The Balaban J connectivity index is 1.82. The minimum atomic E-state index is 1.09. The van der Waals surface area contributed by atoms with E-state index in [1.165, 1.54) is 27.9 Å². The fourth-order valence-electron chi connectivity index (χ4n) is 2.69. The third-order valence-corrected chi connectivity index (χ3v) is 3.64. The number of allylic oxidation sites excluding steroid dienone is 4. The molecule has 18 heavy (non-hydrogen) atoms. The second-order valence-electron chi connectivity index (χ2n) is 4.74. The van der Waals surface area contributed by atoms with E-state index in [-0.39, 0.29) is 0 Å². The molecule has 2 heterocycles. The highest BCUT2D eigenvalue weighted by atomic mass is 14.7. The van der Waals surface area contributed by atoms with Gasteiger partial charge in [-0.25, -0.2) is 0 Å². The van der Waals surface area contributed by atoms with Crippen LogP contribution in [0.25, 0.3) is 11.1 Å². The number of fused-ring (bicyclic) bond motifs is 1. The maximum Gasteiger partial charge on any atom is 0.0711 e. The lowest BCUT2D eigenvalue weighted by atomic mass is 9.87. The molecule has 1 fully saturated rings. The Kier molecular flexibility index (Phi) is 1.84. The average molecular weight is 232 g/mol. The largest absolute Gasteiger partial charge is 0.261 e. The molecule has 0 unspecified atom stereocenters. The second kappa shape index (κ2) is 3.39. The van der Waals surface area contributed by atoms with Crippen LogP contribution in [0.2, 0.25) is 0 Å². The SMILES string of the molecule is Cc1ncccc1C1=C2CC2=C1c1ccccn1. The topological polar surface area (TPSA) is 25.8 Å². The third kappa shape index (κ3) is 1.23. The third-order valence-electron chi connectivity index (χ3n) is 3.64. The van der Waals surface area contributed by atoms with Gasteiger partial charge in [-0.2, -0.15) is 0 Å². The van der Waals surface area contributed by atoms with Crippen molar-refractivity contribution < 1.29 is 0 Å². The van der Waals surface area contributed by atoms with Crippen molar-refractivity contribution in [1.29, 1.82) is 0 Å². The van der Waals surface area contributed by atoms with E-state index < -0.39 is 0 Å². The molecule has 0 radical (unpaired) electrons. The van der Waals surface area contributed by atoms with E-state index in [1.54, 1.807) is 0 Å². The van der Waals surface area contributed by atoms with E-state index in [2.05, 4.69) is 29.0 Å². The van der Waals surface area contributed by atoms with Gasteiger partial charge in [-0.15, -0.1) is 0 Å². The number of rotatable bonds is 2. The van der Waals surface area contributed by atoms with Gasteiger partial charge in [0.05, 0.1) is 5.69 Å². The summed E-state index contributed by atoms with van der Waals surface area (Å²) in [6.07, 6.45) is 4.84. The molecule has 86 valence electrons. The quantitative estimate of drug-likeness (QED) is 0.793. The van der Waals surface area contributed by atoms with E-state index in [4.69, 9.17) is 0 Å². The molecular formula is C16H12N2. The highest BCUT2D eigenvalue weighted by Crippen LogP contribution is 2.61. The molecular weight excluding hydrogens is 220 g/mol. The van der Waals surface area contributed by atoms with Crippen LogP contribution in [0.3, 0.4) is 0 Å². The summed E-state index contributed by atoms with van der Waals surface area (Å²) in [6, 6.07) is 10.3. The van der Waals surface area contributed by atoms with Crippen LogP contribution in [0.5, 0.6) is 0 Å². The number of pyridine rings is 2. The number of aryl methyl sites for hydroxylation is 1. The van der Waals surface area contributed by atoms with Gasteiger partial charge < -0.3 is 0 Å². The number of hydrogen-bond acceptors (Lipinski definition) is 2. The molecule has 2 aromatic heterocycles. The summed E-state index contributed by atoms with van der Waals surface area (Å²) in [5.41, 5.74) is 9.15. The first-order chi connectivity index (χ1) is 8.86. The Labute approximate surface area is 106 Å². The van der Waals surface area contributed by atoms with E-state index in [0.29, 0.717) is 0 Å². The average Bonchev–Trinajstić information content (AvgIpc) is 3.07. The first kappa shape index (κ1) is 9.77. The zero-order valence-electron chi connectivity index (χ0n) is 10.1. The van der Waals surface area contributed by atoms with Crippen molar-refractivity contribution in [2.24, 2.45) is 0 Å². The zero-order valence-corrected chi connectivity index (χ0v) is 10.1. The fraction of sp³-hybridized carbons (Fsp3) is 0.125. The molecule has 0 N–H and O–H groups in total. The Bertz CT molecular complexity index is 709. The molecule has 4 rings (SSSR count). The molecule has 0 amide bonds. The lowest BCUT2D eigenvalue weighted by Gasteiger charge is -2.18. The minimum absolute atomic E-state index is 1.09. The highest BCUT2D eigenvalue weighted by Gasteiger charge is 2.42. The summed E-state index contributed by atoms with van der Waals surface area (Å²) in [4.78, 5) is 8.86. The van der Waals surface area contributed by atoms with Crippen LogP contribution in [0.1, 0.15) is 23.4 Å². The van der Waals surface area contributed by atoms with Crippen molar-refractivity contribution >= 4 is 11.1 Å². The molecule has 1 saturated carbocycles. The Morgan fingerprint density at radius 1 is 0.889 bits per heavy atom.